The summed E-state index contributed by atoms with van der Waals surface area (Å²) in [7, 11) is 0. The molecular weight excluding hydrogens is 264 g/mol. The lowest BCUT2D eigenvalue weighted by molar-refractivity contribution is -0.133. The molecule has 1 saturated heterocycles. The van der Waals surface area contributed by atoms with Crippen LogP contribution < -0.4 is 0 Å². The van der Waals surface area contributed by atoms with E-state index in [1.165, 1.54) is 6.26 Å². The van der Waals surface area contributed by atoms with Crippen LogP contribution in [0.5, 0.6) is 0 Å². The van der Waals surface area contributed by atoms with Gasteiger partial charge in [-0.25, -0.2) is 4.79 Å². The van der Waals surface area contributed by atoms with E-state index in [4.69, 9.17) is 4.42 Å². The number of carboxylic acid groups (broad SMARTS) is 1. The summed E-state index contributed by atoms with van der Waals surface area (Å²) in [6.45, 7) is 0.729. The summed E-state index contributed by atoms with van der Waals surface area (Å²) in [4.78, 5) is 13.3. The first-order chi connectivity index (χ1) is 9.22. The molecule has 3 rings (SSSR count). The largest absolute Gasteiger partial charge is 0.478 e. The molecule has 1 N–H and O–H groups in total. The fraction of sp³-hybridized carbons (Fsp3) is 0.231. The molecule has 1 fully saturated rings. The van der Waals surface area contributed by atoms with Gasteiger partial charge in [0.1, 0.15) is 5.76 Å². The number of carbonyl (C=O) groups is 1. The van der Waals surface area contributed by atoms with Crippen LogP contribution in [0.25, 0.3) is 0 Å². The molecule has 6 heteroatoms. The molecule has 0 amide bonds. The highest BCUT2D eigenvalue weighted by atomic mass is 32.2. The van der Waals surface area contributed by atoms with Crippen molar-refractivity contribution in [2.75, 3.05) is 12.3 Å². The highest BCUT2D eigenvalue weighted by Gasteiger charge is 2.38. The number of hydrogen-bond acceptors (Lipinski definition) is 5. The average molecular weight is 274 g/mol. The van der Waals surface area contributed by atoms with Gasteiger partial charge in [-0.1, -0.05) is 0 Å². The monoisotopic (exact) mass is 274 g/mol. The third kappa shape index (κ3) is 1.83. The molecule has 0 aliphatic carbocycles. The summed E-state index contributed by atoms with van der Waals surface area (Å²) in [6.07, 6.45) is 3.11. The van der Waals surface area contributed by atoms with Gasteiger partial charge in [-0.2, -0.15) is 5.26 Å². The number of rotatable bonds is 2. The number of nitriles is 1. The van der Waals surface area contributed by atoms with Gasteiger partial charge in [0.15, 0.2) is 0 Å². The fourth-order valence-corrected chi connectivity index (χ4v) is 3.45. The topological polar surface area (TPSA) is 77.5 Å². The van der Waals surface area contributed by atoms with E-state index < -0.39 is 11.9 Å². The molecule has 0 bridgehead atoms. The van der Waals surface area contributed by atoms with E-state index in [1.807, 2.05) is 4.90 Å². The third-order valence-electron chi connectivity index (χ3n) is 3.15. The minimum absolute atomic E-state index is 0.178. The van der Waals surface area contributed by atoms with Crippen LogP contribution in [0, 0.1) is 11.3 Å². The maximum Gasteiger partial charge on any atom is 0.334 e. The minimum atomic E-state index is -1.02. The number of fused-ring (bicyclic) bond motifs is 1. The predicted octanol–water partition coefficient (Wildman–Crippen LogP) is 2.13. The Morgan fingerprint density at radius 2 is 2.47 bits per heavy atom. The Kier molecular flexibility index (Phi) is 2.84. The van der Waals surface area contributed by atoms with E-state index in [9.17, 15) is 15.2 Å². The second-order valence-corrected chi connectivity index (χ2v) is 5.29. The first-order valence-electron chi connectivity index (χ1n) is 5.74. The summed E-state index contributed by atoms with van der Waals surface area (Å²) in [5.74, 6) is -0.293. The lowest BCUT2D eigenvalue weighted by Crippen LogP contribution is -2.25. The number of allylic oxidation sites excluding steroid dienone is 1. The Hall–Kier alpha value is -2.13. The standard InChI is InChI=1S/C13H10N2O3S/c14-6-8-11(10-2-1-4-18-10)9(13(16)17)7-15-3-5-19-12(8)15/h1-2,4,7,11H,3,5H2,(H,16,17). The molecular formula is C13H10N2O3S. The van der Waals surface area contributed by atoms with Crippen molar-refractivity contribution in [1.29, 1.82) is 5.26 Å². The lowest BCUT2D eigenvalue weighted by Gasteiger charge is -2.27. The van der Waals surface area contributed by atoms with Crippen molar-refractivity contribution in [1.82, 2.24) is 4.90 Å². The zero-order valence-electron chi connectivity index (χ0n) is 9.87. The highest BCUT2D eigenvalue weighted by Crippen LogP contribution is 2.44. The molecule has 96 valence electrons. The van der Waals surface area contributed by atoms with E-state index in [0.717, 1.165) is 17.3 Å². The Morgan fingerprint density at radius 3 is 3.11 bits per heavy atom. The van der Waals surface area contributed by atoms with Crippen LogP contribution >= 0.6 is 11.8 Å². The highest BCUT2D eigenvalue weighted by molar-refractivity contribution is 8.03. The Balaban J connectivity index is 2.16. The van der Waals surface area contributed by atoms with E-state index in [0.29, 0.717) is 11.3 Å². The van der Waals surface area contributed by atoms with Crippen molar-refractivity contribution >= 4 is 17.7 Å². The predicted molar refractivity (Wildman–Crippen MR) is 69.0 cm³/mol. The first-order valence-corrected chi connectivity index (χ1v) is 6.73. The van der Waals surface area contributed by atoms with Gasteiger partial charge in [0.25, 0.3) is 0 Å². The lowest BCUT2D eigenvalue weighted by atomic mass is 9.88. The number of nitrogens with zero attached hydrogens (tertiary/aromatic N) is 2. The van der Waals surface area contributed by atoms with Gasteiger partial charge >= 0.3 is 5.97 Å². The van der Waals surface area contributed by atoms with E-state index in [2.05, 4.69) is 6.07 Å². The van der Waals surface area contributed by atoms with E-state index in [1.54, 1.807) is 30.1 Å². The second kappa shape index (κ2) is 4.52. The molecule has 3 heterocycles. The quantitative estimate of drug-likeness (QED) is 0.890. The molecule has 2 aliphatic rings. The summed E-state index contributed by atoms with van der Waals surface area (Å²) < 4.78 is 5.32. The molecule has 2 aliphatic heterocycles. The fourth-order valence-electron chi connectivity index (χ4n) is 2.34. The SMILES string of the molecule is N#CC1=C2SCCN2C=C(C(=O)O)C1c1ccco1. The molecule has 5 nitrogen and oxygen atoms in total. The molecule has 1 unspecified atom stereocenters. The van der Waals surface area contributed by atoms with Gasteiger partial charge in [-0.3, -0.25) is 0 Å². The minimum Gasteiger partial charge on any atom is -0.478 e. The third-order valence-corrected chi connectivity index (χ3v) is 4.27. The molecule has 1 aromatic rings. The van der Waals surface area contributed by atoms with Crippen LogP contribution in [-0.4, -0.2) is 28.3 Å². The first kappa shape index (κ1) is 11.9. The van der Waals surface area contributed by atoms with Gasteiger partial charge in [0.05, 0.1) is 34.4 Å². The zero-order valence-corrected chi connectivity index (χ0v) is 10.7. The maximum atomic E-state index is 11.4. The van der Waals surface area contributed by atoms with Gasteiger partial charge in [0, 0.05) is 18.5 Å². The maximum absolute atomic E-state index is 11.4. The molecule has 0 spiro atoms. The summed E-state index contributed by atoms with van der Waals surface area (Å²) in [5.41, 5.74) is 0.634. The van der Waals surface area contributed by atoms with Crippen molar-refractivity contribution in [3.63, 3.8) is 0 Å². The second-order valence-electron chi connectivity index (χ2n) is 4.21. The molecule has 1 atom stereocenters. The zero-order chi connectivity index (χ0) is 13.4. The van der Waals surface area contributed by atoms with Crippen LogP contribution in [0.2, 0.25) is 0 Å². The summed E-state index contributed by atoms with van der Waals surface area (Å²) in [6, 6.07) is 5.55. The Bertz CT molecular complexity index is 625. The molecule has 0 radical (unpaired) electrons. The number of furan rings is 1. The number of aliphatic carboxylic acids is 1. The summed E-state index contributed by atoms with van der Waals surface area (Å²) >= 11 is 1.58. The van der Waals surface area contributed by atoms with Crippen LogP contribution in [0.3, 0.4) is 0 Å². The van der Waals surface area contributed by atoms with Crippen molar-refractivity contribution in [3.05, 3.63) is 46.5 Å². The van der Waals surface area contributed by atoms with Gasteiger partial charge in [-0.05, 0) is 12.1 Å². The van der Waals surface area contributed by atoms with Crippen molar-refractivity contribution < 1.29 is 14.3 Å². The van der Waals surface area contributed by atoms with Gasteiger partial charge in [-0.15, -0.1) is 11.8 Å². The van der Waals surface area contributed by atoms with Gasteiger partial charge in [0.2, 0.25) is 0 Å². The normalized spacial score (nSPS) is 21.9. The van der Waals surface area contributed by atoms with Crippen molar-refractivity contribution in [2.24, 2.45) is 0 Å². The molecule has 1 aromatic heterocycles. The van der Waals surface area contributed by atoms with Crippen molar-refractivity contribution in [3.8, 4) is 6.07 Å². The van der Waals surface area contributed by atoms with Crippen LogP contribution in [-0.2, 0) is 4.79 Å². The van der Waals surface area contributed by atoms with Crippen LogP contribution in [0.4, 0.5) is 0 Å². The molecule has 0 saturated carbocycles. The van der Waals surface area contributed by atoms with E-state index >= 15 is 0 Å². The number of thioether (sulfide) groups is 1. The number of hydrogen-bond donors (Lipinski definition) is 1. The average Bonchev–Trinajstić information content (AvgIpc) is 3.06. The summed E-state index contributed by atoms with van der Waals surface area (Å²) in [5, 5.41) is 19.6. The van der Waals surface area contributed by atoms with E-state index in [-0.39, 0.29) is 5.57 Å². The van der Waals surface area contributed by atoms with Crippen molar-refractivity contribution in [2.45, 2.75) is 5.92 Å². The Morgan fingerprint density at radius 1 is 1.63 bits per heavy atom. The Labute approximate surface area is 113 Å². The smallest absolute Gasteiger partial charge is 0.334 e. The molecule has 0 aromatic carbocycles. The number of carboxylic acids is 1. The molecule has 19 heavy (non-hydrogen) atoms. The van der Waals surface area contributed by atoms with Crippen LogP contribution in [0.15, 0.2) is 45.2 Å². The van der Waals surface area contributed by atoms with Crippen LogP contribution in [0.1, 0.15) is 11.7 Å². The van der Waals surface area contributed by atoms with Gasteiger partial charge < -0.3 is 14.4 Å².